The Hall–Kier alpha value is -2.62. The lowest BCUT2D eigenvalue weighted by Gasteiger charge is -2.18. The molecule has 1 atom stereocenters. The lowest BCUT2D eigenvalue weighted by molar-refractivity contribution is -0.123. The van der Waals surface area contributed by atoms with Gasteiger partial charge in [-0.2, -0.15) is 0 Å². The first-order valence-corrected chi connectivity index (χ1v) is 12.0. The van der Waals surface area contributed by atoms with E-state index in [4.69, 9.17) is 16.3 Å². The molecule has 2 aromatic carbocycles. The van der Waals surface area contributed by atoms with E-state index in [9.17, 15) is 18.0 Å². The van der Waals surface area contributed by atoms with Crippen molar-refractivity contribution in [3.63, 3.8) is 0 Å². The van der Waals surface area contributed by atoms with Gasteiger partial charge >= 0.3 is 0 Å². The Morgan fingerprint density at radius 2 is 1.61 bits per heavy atom. The van der Waals surface area contributed by atoms with Gasteiger partial charge in [-0.15, -0.1) is 11.6 Å². The van der Waals surface area contributed by atoms with Crippen molar-refractivity contribution in [1.29, 1.82) is 0 Å². The molecule has 2 amide bonds. The maximum atomic E-state index is 12.5. The molecule has 0 spiro atoms. The Morgan fingerprint density at radius 1 is 0.968 bits per heavy atom. The van der Waals surface area contributed by atoms with Gasteiger partial charge in [-0.25, -0.2) is 13.1 Å². The van der Waals surface area contributed by atoms with Crippen molar-refractivity contribution in [2.75, 3.05) is 25.2 Å². The van der Waals surface area contributed by atoms with Crippen LogP contribution < -0.4 is 20.1 Å². The van der Waals surface area contributed by atoms with Crippen LogP contribution in [0.5, 0.6) is 5.75 Å². The van der Waals surface area contributed by atoms with Crippen molar-refractivity contribution in [3.8, 4) is 5.75 Å². The monoisotopic (exact) mass is 467 g/mol. The number of sulfonamides is 1. The summed E-state index contributed by atoms with van der Waals surface area (Å²) in [6.45, 7) is 0.771. The van der Waals surface area contributed by atoms with E-state index >= 15 is 0 Å². The Balaban J connectivity index is 1.93. The van der Waals surface area contributed by atoms with Crippen LogP contribution in [0.2, 0.25) is 0 Å². The van der Waals surface area contributed by atoms with E-state index in [2.05, 4.69) is 15.4 Å². The second-order valence-electron chi connectivity index (χ2n) is 6.84. The molecule has 0 fully saturated rings. The molecule has 0 bridgehead atoms. The maximum Gasteiger partial charge on any atom is 0.238 e. The van der Waals surface area contributed by atoms with Gasteiger partial charge in [0.05, 0.1) is 6.26 Å². The highest BCUT2D eigenvalue weighted by atomic mass is 35.5. The number of ether oxygens (including phenoxy) is 1. The fraction of sp³-hybridized carbons (Fsp3) is 0.333. The van der Waals surface area contributed by atoms with Gasteiger partial charge in [0.1, 0.15) is 24.3 Å². The number of carbonyl (C=O) groups excluding carboxylic acids is 2. The zero-order valence-electron chi connectivity index (χ0n) is 17.1. The van der Waals surface area contributed by atoms with E-state index in [0.29, 0.717) is 12.4 Å². The standard InChI is InChI=1S/C21H26ClN3O5S/c1-31(28,29)25-19(21(27)24-12-11-23-20(26)14-22)13-16-7-9-18(10-8-16)30-15-17-5-3-2-4-6-17/h2-10,19,25H,11-15H2,1H3,(H,23,26)(H,24,27). The van der Waals surface area contributed by atoms with Gasteiger partial charge in [0.15, 0.2) is 0 Å². The van der Waals surface area contributed by atoms with Crippen molar-refractivity contribution in [2.24, 2.45) is 0 Å². The molecule has 2 aromatic rings. The lowest BCUT2D eigenvalue weighted by Crippen LogP contribution is -2.49. The number of benzene rings is 2. The summed E-state index contributed by atoms with van der Waals surface area (Å²) in [5.74, 6) is -0.344. The van der Waals surface area contributed by atoms with Gasteiger partial charge < -0.3 is 15.4 Å². The summed E-state index contributed by atoms with van der Waals surface area (Å²) in [6, 6.07) is 15.9. The van der Waals surface area contributed by atoms with Crippen LogP contribution in [0.1, 0.15) is 11.1 Å². The minimum Gasteiger partial charge on any atom is -0.489 e. The first kappa shape index (κ1) is 24.6. The van der Waals surface area contributed by atoms with Crippen molar-refractivity contribution in [1.82, 2.24) is 15.4 Å². The third-order valence-corrected chi connectivity index (χ3v) is 5.11. The number of halogens is 1. The van der Waals surface area contributed by atoms with Crippen LogP contribution in [0, 0.1) is 0 Å². The molecule has 1 unspecified atom stereocenters. The number of rotatable bonds is 12. The molecule has 0 aliphatic rings. The first-order chi connectivity index (χ1) is 14.8. The molecule has 10 heteroatoms. The summed E-state index contributed by atoms with van der Waals surface area (Å²) in [6.07, 6.45) is 1.15. The second-order valence-corrected chi connectivity index (χ2v) is 8.89. The highest BCUT2D eigenvalue weighted by Gasteiger charge is 2.22. The van der Waals surface area contributed by atoms with Gasteiger partial charge in [0.25, 0.3) is 0 Å². The molecule has 0 saturated carbocycles. The van der Waals surface area contributed by atoms with Crippen LogP contribution in [-0.2, 0) is 32.6 Å². The van der Waals surface area contributed by atoms with Gasteiger partial charge in [-0.1, -0.05) is 42.5 Å². The Kier molecular flexibility index (Phi) is 9.77. The SMILES string of the molecule is CS(=O)(=O)NC(Cc1ccc(OCc2ccccc2)cc1)C(=O)NCCNC(=O)CCl. The van der Waals surface area contributed by atoms with Crippen molar-refractivity contribution in [3.05, 3.63) is 65.7 Å². The van der Waals surface area contributed by atoms with Gasteiger partial charge in [-0.3, -0.25) is 9.59 Å². The van der Waals surface area contributed by atoms with Crippen LogP contribution in [-0.4, -0.2) is 51.5 Å². The topological polar surface area (TPSA) is 114 Å². The summed E-state index contributed by atoms with van der Waals surface area (Å²) in [7, 11) is -3.61. The molecule has 0 saturated heterocycles. The Labute approximate surface area is 187 Å². The maximum absolute atomic E-state index is 12.5. The number of amides is 2. The molecule has 31 heavy (non-hydrogen) atoms. The van der Waals surface area contributed by atoms with Crippen LogP contribution in [0.25, 0.3) is 0 Å². The van der Waals surface area contributed by atoms with E-state index in [1.807, 2.05) is 30.3 Å². The van der Waals surface area contributed by atoms with Crippen molar-refractivity contribution in [2.45, 2.75) is 19.1 Å². The number of hydrogen-bond acceptors (Lipinski definition) is 5. The Bertz CT molecular complexity index is 953. The molecule has 0 aliphatic carbocycles. The average molecular weight is 468 g/mol. The average Bonchev–Trinajstić information content (AvgIpc) is 2.75. The molecule has 2 rings (SSSR count). The van der Waals surface area contributed by atoms with Gasteiger partial charge in [0.2, 0.25) is 21.8 Å². The smallest absolute Gasteiger partial charge is 0.238 e. The number of hydrogen-bond donors (Lipinski definition) is 3. The first-order valence-electron chi connectivity index (χ1n) is 9.60. The molecule has 0 aromatic heterocycles. The molecule has 0 radical (unpaired) electrons. The van der Waals surface area contributed by atoms with E-state index in [1.54, 1.807) is 24.3 Å². The van der Waals surface area contributed by atoms with Crippen LogP contribution >= 0.6 is 11.6 Å². The zero-order chi connectivity index (χ0) is 22.7. The normalized spacial score (nSPS) is 12.1. The van der Waals surface area contributed by atoms with Gasteiger partial charge in [-0.05, 0) is 29.7 Å². The molecular weight excluding hydrogens is 442 g/mol. The van der Waals surface area contributed by atoms with E-state index < -0.39 is 22.0 Å². The van der Waals surface area contributed by atoms with Crippen molar-refractivity contribution >= 4 is 33.4 Å². The molecule has 0 aliphatic heterocycles. The number of nitrogens with one attached hydrogen (secondary N) is 3. The summed E-state index contributed by atoms with van der Waals surface area (Å²) in [5.41, 5.74) is 1.81. The van der Waals surface area contributed by atoms with E-state index in [1.165, 1.54) is 0 Å². The predicted octanol–water partition coefficient (Wildman–Crippen LogP) is 1.20. The van der Waals surface area contributed by atoms with Crippen LogP contribution in [0.4, 0.5) is 0 Å². The second kappa shape index (κ2) is 12.3. The summed E-state index contributed by atoms with van der Waals surface area (Å²) in [4.78, 5) is 23.6. The minimum absolute atomic E-state index is 0.148. The zero-order valence-corrected chi connectivity index (χ0v) is 18.7. The van der Waals surface area contributed by atoms with Crippen LogP contribution in [0.15, 0.2) is 54.6 Å². The lowest BCUT2D eigenvalue weighted by atomic mass is 10.1. The Morgan fingerprint density at radius 3 is 2.23 bits per heavy atom. The van der Waals surface area contributed by atoms with E-state index in [-0.39, 0.29) is 31.3 Å². The predicted molar refractivity (Wildman–Crippen MR) is 119 cm³/mol. The highest BCUT2D eigenvalue weighted by Crippen LogP contribution is 2.15. The molecule has 168 valence electrons. The van der Waals surface area contributed by atoms with Crippen LogP contribution in [0.3, 0.4) is 0 Å². The summed E-state index contributed by atoms with van der Waals surface area (Å²) < 4.78 is 31.5. The fourth-order valence-electron chi connectivity index (χ4n) is 2.70. The summed E-state index contributed by atoms with van der Waals surface area (Å²) in [5, 5.41) is 5.12. The van der Waals surface area contributed by atoms with Crippen molar-refractivity contribution < 1.29 is 22.7 Å². The molecule has 3 N–H and O–H groups in total. The fourth-order valence-corrected chi connectivity index (χ4v) is 3.50. The minimum atomic E-state index is -3.61. The quantitative estimate of drug-likeness (QED) is 0.320. The number of alkyl halides is 1. The molecule has 0 heterocycles. The third kappa shape index (κ3) is 9.82. The largest absolute Gasteiger partial charge is 0.489 e. The van der Waals surface area contributed by atoms with Gasteiger partial charge in [0, 0.05) is 13.1 Å². The van der Waals surface area contributed by atoms with E-state index in [0.717, 1.165) is 17.4 Å². The number of carbonyl (C=O) groups is 2. The highest BCUT2D eigenvalue weighted by molar-refractivity contribution is 7.88. The third-order valence-electron chi connectivity index (χ3n) is 4.15. The molecular formula is C21H26ClN3O5S. The molecule has 8 nitrogen and oxygen atoms in total. The summed E-state index contributed by atoms with van der Waals surface area (Å²) >= 11 is 5.38.